The Kier molecular flexibility index (Phi) is 5.07. The molecule has 0 N–H and O–H groups in total. The largest absolute Gasteiger partial charge is 0.468 e. The molecule has 1 aliphatic rings. The third-order valence-electron chi connectivity index (χ3n) is 4.20. The van der Waals surface area contributed by atoms with Crippen LogP contribution >= 0.6 is 23.4 Å². The maximum atomic E-state index is 13.5. The Hall–Kier alpha value is -2.83. The lowest BCUT2D eigenvalue weighted by molar-refractivity contribution is -0.119. The molecule has 7 heteroatoms. The molecule has 0 radical (unpaired) electrons. The van der Waals surface area contributed by atoms with Gasteiger partial charge in [-0.15, -0.1) is 11.8 Å². The van der Waals surface area contributed by atoms with E-state index in [1.54, 1.807) is 42.7 Å². The van der Waals surface area contributed by atoms with Gasteiger partial charge in [0, 0.05) is 0 Å². The fraction of sp³-hybridized carbons (Fsp3) is 0.0476. The summed E-state index contributed by atoms with van der Waals surface area (Å²) in [5.74, 6) is -0.471. The lowest BCUT2D eigenvalue weighted by atomic mass is 10.1. The van der Waals surface area contributed by atoms with Gasteiger partial charge in [-0.25, -0.2) is 9.29 Å². The van der Waals surface area contributed by atoms with Crippen LogP contribution in [0.15, 0.2) is 76.2 Å². The van der Waals surface area contributed by atoms with Crippen LogP contribution in [0, 0.1) is 5.82 Å². The van der Waals surface area contributed by atoms with E-state index in [0.29, 0.717) is 27.6 Å². The van der Waals surface area contributed by atoms with Gasteiger partial charge >= 0.3 is 0 Å². The topological polar surface area (TPSA) is 50.5 Å². The van der Waals surface area contributed by atoms with Crippen LogP contribution in [0.1, 0.15) is 11.3 Å². The number of imide groups is 1. The second kappa shape index (κ2) is 7.66. The van der Waals surface area contributed by atoms with Gasteiger partial charge in [-0.3, -0.25) is 9.59 Å². The van der Waals surface area contributed by atoms with Crippen molar-refractivity contribution < 1.29 is 18.4 Å². The number of halogens is 2. The first kappa shape index (κ1) is 18.5. The molecule has 2 aromatic carbocycles. The highest BCUT2D eigenvalue weighted by Gasteiger charge is 2.40. The van der Waals surface area contributed by atoms with E-state index in [4.69, 9.17) is 16.0 Å². The van der Waals surface area contributed by atoms with Crippen molar-refractivity contribution in [1.82, 2.24) is 0 Å². The van der Waals surface area contributed by atoms with Crippen molar-refractivity contribution in [3.8, 4) is 0 Å². The first-order chi connectivity index (χ1) is 13.6. The van der Waals surface area contributed by atoms with Crippen LogP contribution in [0.25, 0.3) is 5.57 Å². The molecule has 2 amide bonds. The molecular formula is C21H13ClFNO3S. The first-order valence-corrected chi connectivity index (χ1v) is 9.71. The normalized spacial score (nSPS) is 14.3. The van der Waals surface area contributed by atoms with E-state index < -0.39 is 17.6 Å². The average molecular weight is 414 g/mol. The predicted molar refractivity (Wildman–Crippen MR) is 107 cm³/mol. The summed E-state index contributed by atoms with van der Waals surface area (Å²) in [6, 6.07) is 16.3. The highest BCUT2D eigenvalue weighted by atomic mass is 35.5. The smallest absolute Gasteiger partial charge is 0.272 e. The summed E-state index contributed by atoms with van der Waals surface area (Å²) < 4.78 is 18.9. The minimum absolute atomic E-state index is 0.156. The molecule has 0 atom stereocenters. The molecule has 4 nitrogen and oxygen atoms in total. The number of nitrogens with zero attached hydrogens (tertiary/aromatic N) is 1. The molecule has 1 aliphatic heterocycles. The second-order valence-corrected chi connectivity index (χ2v) is 7.38. The van der Waals surface area contributed by atoms with Crippen molar-refractivity contribution >= 4 is 46.4 Å². The molecule has 0 saturated heterocycles. The van der Waals surface area contributed by atoms with Crippen molar-refractivity contribution in [2.24, 2.45) is 0 Å². The molecule has 0 fully saturated rings. The van der Waals surface area contributed by atoms with Crippen LogP contribution in [0.4, 0.5) is 10.1 Å². The molecule has 3 aromatic rings. The predicted octanol–water partition coefficient (Wildman–Crippen LogP) is 5.29. The number of rotatable bonds is 5. The molecular weight excluding hydrogens is 401 g/mol. The van der Waals surface area contributed by atoms with Crippen LogP contribution in [-0.4, -0.2) is 11.8 Å². The molecule has 0 aliphatic carbocycles. The molecule has 0 saturated carbocycles. The standard InChI is InChI=1S/C21H13ClFNO3S/c22-16-11-14(8-9-17(16)23)24-20(25)18(13-5-2-1-3-6-13)19(21(24)26)28-12-15-7-4-10-27-15/h1-11H,12H2. The number of carbonyl (C=O) groups is 2. The number of hydrogen-bond donors (Lipinski definition) is 0. The summed E-state index contributed by atoms with van der Waals surface area (Å²) in [5.41, 5.74) is 1.17. The molecule has 0 unspecified atom stereocenters. The second-order valence-electron chi connectivity index (χ2n) is 5.98. The third kappa shape index (κ3) is 3.37. The summed E-state index contributed by atoms with van der Waals surface area (Å²) in [5, 5.41) is -0.156. The summed E-state index contributed by atoms with van der Waals surface area (Å²) in [4.78, 5) is 27.6. The number of anilines is 1. The number of thioether (sulfide) groups is 1. The zero-order chi connectivity index (χ0) is 19.7. The SMILES string of the molecule is O=C1C(SCc2ccco2)=C(c2ccccc2)C(=O)N1c1ccc(F)c(Cl)c1. The van der Waals surface area contributed by atoms with E-state index in [9.17, 15) is 14.0 Å². The van der Waals surface area contributed by atoms with Gasteiger partial charge in [0.25, 0.3) is 11.8 Å². The molecule has 2 heterocycles. The summed E-state index contributed by atoms with van der Waals surface area (Å²) >= 11 is 7.08. The lowest BCUT2D eigenvalue weighted by Gasteiger charge is -2.15. The Balaban J connectivity index is 1.75. The molecule has 4 rings (SSSR count). The number of hydrogen-bond acceptors (Lipinski definition) is 4. The Labute approximate surface area is 169 Å². The molecule has 0 spiro atoms. The van der Waals surface area contributed by atoms with Crippen molar-refractivity contribution in [3.63, 3.8) is 0 Å². The molecule has 1 aromatic heterocycles. The zero-order valence-corrected chi connectivity index (χ0v) is 16.0. The highest BCUT2D eigenvalue weighted by Crippen LogP contribution is 2.40. The number of furan rings is 1. The number of carbonyl (C=O) groups excluding carboxylic acids is 2. The van der Waals surface area contributed by atoms with Gasteiger partial charge in [-0.05, 0) is 35.9 Å². The quantitative estimate of drug-likeness (QED) is 0.533. The van der Waals surface area contributed by atoms with Crippen LogP contribution in [0.5, 0.6) is 0 Å². The van der Waals surface area contributed by atoms with Gasteiger partial charge in [-0.1, -0.05) is 41.9 Å². The van der Waals surface area contributed by atoms with Crippen molar-refractivity contribution in [1.29, 1.82) is 0 Å². The van der Waals surface area contributed by atoms with Gasteiger partial charge in [0.05, 0.1) is 33.2 Å². The fourth-order valence-electron chi connectivity index (χ4n) is 2.90. The summed E-state index contributed by atoms with van der Waals surface area (Å²) in [7, 11) is 0. The van der Waals surface area contributed by atoms with Crippen LogP contribution in [0.3, 0.4) is 0 Å². The van der Waals surface area contributed by atoms with E-state index in [2.05, 4.69) is 0 Å². The van der Waals surface area contributed by atoms with Gasteiger partial charge < -0.3 is 4.42 Å². The van der Waals surface area contributed by atoms with Crippen molar-refractivity contribution in [2.75, 3.05) is 4.90 Å². The van der Waals surface area contributed by atoms with E-state index in [0.717, 1.165) is 11.0 Å². The van der Waals surface area contributed by atoms with Crippen LogP contribution in [0.2, 0.25) is 5.02 Å². The van der Waals surface area contributed by atoms with Gasteiger partial charge in [0.1, 0.15) is 11.6 Å². The lowest BCUT2D eigenvalue weighted by Crippen LogP contribution is -2.31. The van der Waals surface area contributed by atoms with Crippen molar-refractivity contribution in [2.45, 2.75) is 5.75 Å². The summed E-state index contributed by atoms with van der Waals surface area (Å²) in [6.07, 6.45) is 1.55. The van der Waals surface area contributed by atoms with E-state index >= 15 is 0 Å². The zero-order valence-electron chi connectivity index (χ0n) is 14.4. The van der Waals surface area contributed by atoms with Crippen LogP contribution in [-0.2, 0) is 15.3 Å². The van der Waals surface area contributed by atoms with Crippen molar-refractivity contribution in [3.05, 3.63) is 94.0 Å². The number of benzene rings is 2. The fourth-order valence-corrected chi connectivity index (χ4v) is 4.09. The van der Waals surface area contributed by atoms with Crippen LogP contribution < -0.4 is 4.90 Å². The minimum Gasteiger partial charge on any atom is -0.468 e. The monoisotopic (exact) mass is 413 g/mol. The Bertz CT molecular complexity index is 1080. The molecule has 140 valence electrons. The third-order valence-corrected chi connectivity index (χ3v) is 5.59. The maximum Gasteiger partial charge on any atom is 0.272 e. The van der Waals surface area contributed by atoms with Gasteiger partial charge in [-0.2, -0.15) is 0 Å². The highest BCUT2D eigenvalue weighted by molar-refractivity contribution is 8.03. The number of amides is 2. The molecule has 0 bridgehead atoms. The van der Waals surface area contributed by atoms with E-state index in [1.807, 2.05) is 6.07 Å². The average Bonchev–Trinajstić information content (AvgIpc) is 3.29. The summed E-state index contributed by atoms with van der Waals surface area (Å²) in [6.45, 7) is 0. The van der Waals surface area contributed by atoms with E-state index in [-0.39, 0.29) is 10.7 Å². The Morgan fingerprint density at radius 1 is 1.00 bits per heavy atom. The Morgan fingerprint density at radius 2 is 1.79 bits per heavy atom. The van der Waals surface area contributed by atoms with E-state index in [1.165, 1.54) is 23.9 Å². The minimum atomic E-state index is -0.617. The maximum absolute atomic E-state index is 13.5. The Morgan fingerprint density at radius 3 is 2.46 bits per heavy atom. The van der Waals surface area contributed by atoms with Gasteiger partial charge in [0.15, 0.2) is 0 Å². The first-order valence-electron chi connectivity index (χ1n) is 8.35. The molecule has 28 heavy (non-hydrogen) atoms. The van der Waals surface area contributed by atoms with Gasteiger partial charge in [0.2, 0.25) is 0 Å².